The molecular formula is C14H22FNO. The maximum absolute atomic E-state index is 13.5. The molecule has 0 saturated carbocycles. The Morgan fingerprint density at radius 1 is 1.35 bits per heavy atom. The molecule has 96 valence electrons. The molecule has 0 fully saturated rings. The highest BCUT2D eigenvalue weighted by Gasteiger charge is 2.12. The summed E-state index contributed by atoms with van der Waals surface area (Å²) in [6, 6.07) is 5.45. The molecule has 0 saturated heterocycles. The fourth-order valence-corrected chi connectivity index (χ4v) is 1.65. The van der Waals surface area contributed by atoms with E-state index in [0.717, 1.165) is 18.5 Å². The van der Waals surface area contributed by atoms with Crippen LogP contribution in [-0.4, -0.2) is 19.8 Å². The first kappa shape index (κ1) is 14.1. The normalized spacial score (nSPS) is 12.7. The second-order valence-corrected chi connectivity index (χ2v) is 4.17. The van der Waals surface area contributed by atoms with E-state index in [1.165, 1.54) is 0 Å². The van der Waals surface area contributed by atoms with Crippen molar-refractivity contribution in [3.8, 4) is 0 Å². The molecule has 1 unspecified atom stereocenters. The van der Waals surface area contributed by atoms with Crippen LogP contribution in [0, 0.1) is 12.7 Å². The highest BCUT2D eigenvalue weighted by atomic mass is 19.1. The molecule has 3 heteroatoms. The summed E-state index contributed by atoms with van der Waals surface area (Å²) >= 11 is 0. The number of ether oxygens (including phenoxy) is 1. The van der Waals surface area contributed by atoms with Gasteiger partial charge in [0.05, 0.1) is 12.6 Å². The summed E-state index contributed by atoms with van der Waals surface area (Å²) in [5.41, 5.74) is 1.63. The van der Waals surface area contributed by atoms with Gasteiger partial charge in [-0.3, -0.25) is 0 Å². The fourth-order valence-electron chi connectivity index (χ4n) is 1.65. The van der Waals surface area contributed by atoms with Gasteiger partial charge in [0.2, 0.25) is 0 Å². The largest absolute Gasteiger partial charge is 0.380 e. The first-order chi connectivity index (χ1) is 8.19. The maximum Gasteiger partial charge on any atom is 0.126 e. The van der Waals surface area contributed by atoms with E-state index in [-0.39, 0.29) is 11.9 Å². The molecule has 0 aromatic heterocycles. The Kier molecular flexibility index (Phi) is 6.16. The van der Waals surface area contributed by atoms with Crippen molar-refractivity contribution in [1.82, 2.24) is 5.32 Å². The van der Waals surface area contributed by atoms with Gasteiger partial charge < -0.3 is 10.1 Å². The van der Waals surface area contributed by atoms with Gasteiger partial charge in [0.15, 0.2) is 0 Å². The summed E-state index contributed by atoms with van der Waals surface area (Å²) in [6.45, 7) is 8.02. The molecule has 0 aliphatic carbocycles. The SMILES string of the molecule is CCCNC(COCC)c1ccc(C)c(F)c1. The van der Waals surface area contributed by atoms with Crippen LogP contribution >= 0.6 is 0 Å². The van der Waals surface area contributed by atoms with Gasteiger partial charge in [0.1, 0.15) is 5.82 Å². The summed E-state index contributed by atoms with van der Waals surface area (Å²) in [6.07, 6.45) is 1.05. The second-order valence-electron chi connectivity index (χ2n) is 4.17. The van der Waals surface area contributed by atoms with Gasteiger partial charge in [-0.25, -0.2) is 4.39 Å². The highest BCUT2D eigenvalue weighted by Crippen LogP contribution is 2.17. The Balaban J connectivity index is 2.75. The van der Waals surface area contributed by atoms with Crippen molar-refractivity contribution in [3.05, 3.63) is 35.1 Å². The minimum absolute atomic E-state index is 0.0741. The number of aryl methyl sites for hydroxylation is 1. The lowest BCUT2D eigenvalue weighted by molar-refractivity contribution is 0.123. The summed E-state index contributed by atoms with van der Waals surface area (Å²) in [5.74, 6) is -0.151. The van der Waals surface area contributed by atoms with Crippen LogP contribution in [0.1, 0.15) is 37.4 Å². The third kappa shape index (κ3) is 4.44. The fraction of sp³-hybridized carbons (Fsp3) is 0.571. The summed E-state index contributed by atoms with van der Waals surface area (Å²) in [4.78, 5) is 0. The molecule has 17 heavy (non-hydrogen) atoms. The van der Waals surface area contributed by atoms with Crippen LogP contribution in [0.25, 0.3) is 0 Å². The summed E-state index contributed by atoms with van der Waals surface area (Å²) in [5, 5.41) is 3.38. The van der Waals surface area contributed by atoms with Crippen molar-refractivity contribution in [3.63, 3.8) is 0 Å². The Labute approximate surface area is 103 Å². The lowest BCUT2D eigenvalue weighted by atomic mass is 10.1. The van der Waals surface area contributed by atoms with E-state index in [4.69, 9.17) is 4.74 Å². The standard InChI is InChI=1S/C14H22FNO/c1-4-8-16-14(10-17-5-2)12-7-6-11(3)13(15)9-12/h6-7,9,14,16H,4-5,8,10H2,1-3H3. The van der Waals surface area contributed by atoms with Gasteiger partial charge >= 0.3 is 0 Å². The monoisotopic (exact) mass is 239 g/mol. The van der Waals surface area contributed by atoms with E-state index < -0.39 is 0 Å². The number of halogens is 1. The van der Waals surface area contributed by atoms with E-state index in [1.807, 2.05) is 19.1 Å². The average molecular weight is 239 g/mol. The van der Waals surface area contributed by atoms with Crippen molar-refractivity contribution in [2.45, 2.75) is 33.2 Å². The van der Waals surface area contributed by atoms with Crippen molar-refractivity contribution in [2.75, 3.05) is 19.8 Å². The number of benzene rings is 1. The van der Waals surface area contributed by atoms with Gasteiger partial charge in [-0.1, -0.05) is 19.1 Å². The zero-order valence-electron chi connectivity index (χ0n) is 10.9. The van der Waals surface area contributed by atoms with Gasteiger partial charge in [0.25, 0.3) is 0 Å². The van der Waals surface area contributed by atoms with E-state index >= 15 is 0 Å². The Morgan fingerprint density at radius 3 is 2.71 bits per heavy atom. The first-order valence-corrected chi connectivity index (χ1v) is 6.26. The van der Waals surface area contributed by atoms with Crippen LogP contribution in [-0.2, 0) is 4.74 Å². The van der Waals surface area contributed by atoms with Crippen LogP contribution in [0.2, 0.25) is 0 Å². The molecule has 0 amide bonds. The molecule has 1 aromatic carbocycles. The van der Waals surface area contributed by atoms with E-state index in [1.54, 1.807) is 13.0 Å². The molecule has 0 radical (unpaired) electrons. The van der Waals surface area contributed by atoms with Crippen LogP contribution in [0.5, 0.6) is 0 Å². The van der Waals surface area contributed by atoms with Gasteiger partial charge in [-0.15, -0.1) is 0 Å². The van der Waals surface area contributed by atoms with Gasteiger partial charge in [0, 0.05) is 6.61 Å². The number of rotatable bonds is 7. The van der Waals surface area contributed by atoms with Crippen molar-refractivity contribution in [1.29, 1.82) is 0 Å². The smallest absolute Gasteiger partial charge is 0.126 e. The van der Waals surface area contributed by atoms with Crippen molar-refractivity contribution < 1.29 is 9.13 Å². The minimum atomic E-state index is -0.151. The molecule has 0 spiro atoms. The highest BCUT2D eigenvalue weighted by molar-refractivity contribution is 5.25. The van der Waals surface area contributed by atoms with Gasteiger partial charge in [-0.2, -0.15) is 0 Å². The zero-order valence-corrected chi connectivity index (χ0v) is 10.9. The Morgan fingerprint density at radius 2 is 2.12 bits per heavy atom. The third-order valence-corrected chi connectivity index (χ3v) is 2.73. The van der Waals surface area contributed by atoms with Crippen molar-refractivity contribution >= 4 is 0 Å². The molecular weight excluding hydrogens is 217 g/mol. The predicted octanol–water partition coefficient (Wildman–Crippen LogP) is 3.21. The number of nitrogens with one attached hydrogen (secondary N) is 1. The Hall–Kier alpha value is -0.930. The molecule has 1 N–H and O–H groups in total. The van der Waals surface area contributed by atoms with Crippen LogP contribution in [0.3, 0.4) is 0 Å². The number of hydrogen-bond acceptors (Lipinski definition) is 2. The predicted molar refractivity (Wildman–Crippen MR) is 68.7 cm³/mol. The van der Waals surface area contributed by atoms with E-state index in [0.29, 0.717) is 18.8 Å². The maximum atomic E-state index is 13.5. The quantitative estimate of drug-likeness (QED) is 0.789. The third-order valence-electron chi connectivity index (χ3n) is 2.73. The molecule has 0 aliphatic rings. The molecule has 0 aliphatic heterocycles. The lowest BCUT2D eigenvalue weighted by Gasteiger charge is -2.19. The Bertz CT molecular complexity index is 333. The minimum Gasteiger partial charge on any atom is -0.380 e. The lowest BCUT2D eigenvalue weighted by Crippen LogP contribution is -2.26. The van der Waals surface area contributed by atoms with Crippen LogP contribution in [0.15, 0.2) is 18.2 Å². The van der Waals surface area contributed by atoms with Crippen molar-refractivity contribution in [2.24, 2.45) is 0 Å². The van der Waals surface area contributed by atoms with Crippen LogP contribution in [0.4, 0.5) is 4.39 Å². The molecule has 0 heterocycles. The van der Waals surface area contributed by atoms with Gasteiger partial charge in [-0.05, 0) is 44.0 Å². The molecule has 0 bridgehead atoms. The molecule has 2 nitrogen and oxygen atoms in total. The van der Waals surface area contributed by atoms with Crippen LogP contribution < -0.4 is 5.32 Å². The molecule has 1 rings (SSSR count). The average Bonchev–Trinajstić information content (AvgIpc) is 2.33. The number of hydrogen-bond donors (Lipinski definition) is 1. The zero-order chi connectivity index (χ0) is 12.7. The molecule has 1 atom stereocenters. The topological polar surface area (TPSA) is 21.3 Å². The van der Waals surface area contributed by atoms with E-state index in [2.05, 4.69) is 12.2 Å². The first-order valence-electron chi connectivity index (χ1n) is 6.26. The molecule has 1 aromatic rings. The summed E-state index contributed by atoms with van der Waals surface area (Å²) < 4.78 is 18.9. The summed E-state index contributed by atoms with van der Waals surface area (Å²) in [7, 11) is 0. The van der Waals surface area contributed by atoms with E-state index in [9.17, 15) is 4.39 Å². The second kappa shape index (κ2) is 7.41.